The Labute approximate surface area is 178 Å². The second-order valence-electron chi connectivity index (χ2n) is 7.89. The van der Waals surface area contributed by atoms with Crippen molar-refractivity contribution >= 4 is 9.84 Å². The molecule has 0 spiro atoms. The first-order chi connectivity index (χ1) is 14.3. The van der Waals surface area contributed by atoms with Crippen molar-refractivity contribution in [3.8, 4) is 11.1 Å². The maximum atomic E-state index is 11.6. The Morgan fingerprint density at radius 1 is 1.03 bits per heavy atom. The molecule has 0 amide bonds. The van der Waals surface area contributed by atoms with Crippen molar-refractivity contribution in [3.63, 3.8) is 0 Å². The minimum atomic E-state index is -3.19. The number of rotatable bonds is 9. The highest BCUT2D eigenvalue weighted by Gasteiger charge is 2.20. The summed E-state index contributed by atoms with van der Waals surface area (Å²) in [6, 6.07) is 14.9. The molecule has 0 bridgehead atoms. The molecule has 7 nitrogen and oxygen atoms in total. The number of hydrogen-bond donors (Lipinski definition) is 3. The number of aliphatic hydroxyl groups excluding tert-OH is 1. The molecule has 2 aromatic rings. The van der Waals surface area contributed by atoms with Crippen LogP contribution in [0, 0.1) is 0 Å². The molecule has 0 fully saturated rings. The fraction of sp³-hybridized carbons (Fsp3) is 0.364. The third kappa shape index (κ3) is 5.82. The number of benzene rings is 2. The molecule has 3 N–H and O–H groups in total. The average molecular weight is 431 g/mol. The van der Waals surface area contributed by atoms with Crippen molar-refractivity contribution in [1.82, 2.24) is 20.9 Å². The fourth-order valence-corrected chi connectivity index (χ4v) is 3.92. The van der Waals surface area contributed by atoms with Gasteiger partial charge in [-0.2, -0.15) is 0 Å². The largest absolute Gasteiger partial charge is 0.394 e. The van der Waals surface area contributed by atoms with E-state index in [0.29, 0.717) is 11.3 Å². The summed E-state index contributed by atoms with van der Waals surface area (Å²) < 4.78 is 23.2. The topological polar surface area (TPSA) is 84.9 Å². The maximum absolute atomic E-state index is 11.6. The Kier molecular flexibility index (Phi) is 7.14. The van der Waals surface area contributed by atoms with Crippen molar-refractivity contribution in [2.75, 3.05) is 33.5 Å². The van der Waals surface area contributed by atoms with Crippen LogP contribution in [0.4, 0.5) is 0 Å². The van der Waals surface area contributed by atoms with Gasteiger partial charge in [0.25, 0.3) is 0 Å². The summed E-state index contributed by atoms with van der Waals surface area (Å²) in [7, 11) is 0.894. The lowest BCUT2D eigenvalue weighted by Gasteiger charge is -2.25. The Hall–Kier alpha value is -2.39. The molecule has 3 rings (SSSR count). The number of nitrogens with one attached hydrogen (secondary N) is 2. The van der Waals surface area contributed by atoms with E-state index in [4.69, 9.17) is 0 Å². The first-order valence-corrected chi connectivity index (χ1v) is 11.8. The molecular formula is C22H30N4O3S. The highest BCUT2D eigenvalue weighted by molar-refractivity contribution is 7.90. The summed E-state index contributed by atoms with van der Waals surface area (Å²) in [5.41, 5.74) is 10.5. The summed E-state index contributed by atoms with van der Waals surface area (Å²) in [6.07, 6.45) is 4.82. The molecule has 0 aromatic heterocycles. The minimum Gasteiger partial charge on any atom is -0.394 e. The van der Waals surface area contributed by atoms with Gasteiger partial charge in [0, 0.05) is 31.1 Å². The van der Waals surface area contributed by atoms with E-state index in [1.165, 1.54) is 6.26 Å². The SMILES string of the molecule is CN(C)CCC1=CN([C@H](CO)Cc2ccc(-c3ccc(S(C)(=O)=O)cc3)cc2)NN1. The zero-order valence-corrected chi connectivity index (χ0v) is 18.5. The fourth-order valence-electron chi connectivity index (χ4n) is 3.29. The standard InChI is InChI=1S/C22H30N4O3S/c1-25(2)13-12-20-15-26(24-23-20)21(16-27)14-17-4-6-18(7-5-17)19-8-10-22(11-9-19)30(3,28)29/h4-11,15,21,23-24,27H,12-14,16H2,1-3H3/t21-/m0/s1. The Bertz CT molecular complexity index is 970. The van der Waals surface area contributed by atoms with Gasteiger partial charge in [0.1, 0.15) is 0 Å². The summed E-state index contributed by atoms with van der Waals surface area (Å²) in [6.45, 7) is 0.978. The van der Waals surface area contributed by atoms with Crippen LogP contribution in [-0.4, -0.2) is 63.0 Å². The Morgan fingerprint density at radius 2 is 1.63 bits per heavy atom. The van der Waals surface area contributed by atoms with Gasteiger partial charge in [-0.25, -0.2) is 8.42 Å². The smallest absolute Gasteiger partial charge is 0.175 e. The number of nitrogens with zero attached hydrogens (tertiary/aromatic N) is 2. The summed E-state index contributed by atoms with van der Waals surface area (Å²) in [4.78, 5) is 2.45. The summed E-state index contributed by atoms with van der Waals surface area (Å²) >= 11 is 0. The molecule has 1 atom stereocenters. The number of sulfone groups is 1. The van der Waals surface area contributed by atoms with Crippen LogP contribution in [0.2, 0.25) is 0 Å². The predicted octanol–water partition coefficient (Wildman–Crippen LogP) is 1.78. The second kappa shape index (κ2) is 9.61. The quantitative estimate of drug-likeness (QED) is 0.559. The molecule has 1 heterocycles. The third-order valence-electron chi connectivity index (χ3n) is 5.11. The van der Waals surface area contributed by atoms with E-state index < -0.39 is 9.84 Å². The van der Waals surface area contributed by atoms with Gasteiger partial charge in [-0.05, 0) is 49.3 Å². The van der Waals surface area contributed by atoms with E-state index >= 15 is 0 Å². The first-order valence-electron chi connectivity index (χ1n) is 9.92. The number of aliphatic hydroxyl groups is 1. The predicted molar refractivity (Wildman–Crippen MR) is 119 cm³/mol. The van der Waals surface area contributed by atoms with E-state index in [9.17, 15) is 13.5 Å². The van der Waals surface area contributed by atoms with Crippen LogP contribution >= 0.6 is 0 Å². The monoisotopic (exact) mass is 430 g/mol. The molecule has 0 saturated carbocycles. The van der Waals surface area contributed by atoms with Crippen molar-refractivity contribution in [2.45, 2.75) is 23.8 Å². The number of hydrazine groups is 2. The van der Waals surface area contributed by atoms with Gasteiger partial charge < -0.3 is 15.4 Å². The van der Waals surface area contributed by atoms with Crippen molar-refractivity contribution in [2.24, 2.45) is 0 Å². The molecule has 30 heavy (non-hydrogen) atoms. The minimum absolute atomic E-state index is 0.0286. The molecule has 0 unspecified atom stereocenters. The van der Waals surface area contributed by atoms with Crippen LogP contribution in [0.15, 0.2) is 65.3 Å². The Morgan fingerprint density at radius 3 is 2.17 bits per heavy atom. The first kappa shape index (κ1) is 22.3. The van der Waals surface area contributed by atoms with Crippen molar-refractivity contribution in [3.05, 3.63) is 66.0 Å². The van der Waals surface area contributed by atoms with Crippen LogP contribution in [-0.2, 0) is 16.3 Å². The van der Waals surface area contributed by atoms with Crippen molar-refractivity contribution < 1.29 is 13.5 Å². The van der Waals surface area contributed by atoms with Gasteiger partial charge in [-0.1, -0.05) is 36.4 Å². The molecule has 162 valence electrons. The van der Waals surface area contributed by atoms with Crippen molar-refractivity contribution in [1.29, 1.82) is 0 Å². The lowest BCUT2D eigenvalue weighted by molar-refractivity contribution is 0.123. The molecule has 1 aliphatic rings. The number of hydrogen-bond acceptors (Lipinski definition) is 7. The molecule has 0 saturated heterocycles. The third-order valence-corrected chi connectivity index (χ3v) is 6.24. The molecule has 0 radical (unpaired) electrons. The molecule has 0 aliphatic carbocycles. The van der Waals surface area contributed by atoms with Gasteiger partial charge in [-0.3, -0.25) is 5.01 Å². The lowest BCUT2D eigenvalue weighted by Crippen LogP contribution is -2.45. The summed E-state index contributed by atoms with van der Waals surface area (Å²) in [5.74, 6) is 0. The van der Waals surface area contributed by atoms with Gasteiger partial charge >= 0.3 is 0 Å². The summed E-state index contributed by atoms with van der Waals surface area (Å²) in [5, 5.41) is 11.8. The van der Waals surface area contributed by atoms with Crippen LogP contribution in [0.5, 0.6) is 0 Å². The highest BCUT2D eigenvalue weighted by atomic mass is 32.2. The molecule has 8 heteroatoms. The van der Waals surface area contributed by atoms with E-state index in [1.807, 2.05) is 61.7 Å². The van der Waals surface area contributed by atoms with E-state index in [0.717, 1.165) is 35.4 Å². The normalized spacial score (nSPS) is 15.2. The molecule has 2 aromatic carbocycles. The van der Waals surface area contributed by atoms with Crippen LogP contribution in [0.1, 0.15) is 12.0 Å². The van der Waals surface area contributed by atoms with Crippen LogP contribution in [0.3, 0.4) is 0 Å². The van der Waals surface area contributed by atoms with Gasteiger partial charge in [0.05, 0.1) is 17.5 Å². The van der Waals surface area contributed by atoms with Gasteiger partial charge in [0.2, 0.25) is 0 Å². The van der Waals surface area contributed by atoms with Gasteiger partial charge in [0.15, 0.2) is 9.84 Å². The zero-order chi connectivity index (χ0) is 21.7. The van der Waals surface area contributed by atoms with E-state index in [1.54, 1.807) is 12.1 Å². The van der Waals surface area contributed by atoms with E-state index in [2.05, 4.69) is 15.9 Å². The zero-order valence-electron chi connectivity index (χ0n) is 17.7. The van der Waals surface area contributed by atoms with Gasteiger partial charge in [-0.15, -0.1) is 5.53 Å². The average Bonchev–Trinajstić information content (AvgIpc) is 3.19. The van der Waals surface area contributed by atoms with Crippen LogP contribution < -0.4 is 11.0 Å². The second-order valence-corrected chi connectivity index (χ2v) is 9.90. The highest BCUT2D eigenvalue weighted by Crippen LogP contribution is 2.23. The van der Waals surface area contributed by atoms with E-state index in [-0.39, 0.29) is 12.6 Å². The lowest BCUT2D eigenvalue weighted by atomic mass is 10.0. The maximum Gasteiger partial charge on any atom is 0.175 e. The molecule has 1 aliphatic heterocycles. The Balaban J connectivity index is 1.64. The van der Waals surface area contributed by atoms with Crippen LogP contribution in [0.25, 0.3) is 11.1 Å². The molecular weight excluding hydrogens is 400 g/mol.